The van der Waals surface area contributed by atoms with Crippen LogP contribution in [0, 0.1) is 0 Å². The molecule has 2 N–H and O–H groups in total. The Labute approximate surface area is 96.9 Å². The van der Waals surface area contributed by atoms with Crippen LogP contribution in [0.1, 0.15) is 13.3 Å². The van der Waals surface area contributed by atoms with Crippen LogP contribution in [0.15, 0.2) is 35.1 Å². The van der Waals surface area contributed by atoms with Gasteiger partial charge in [-0.05, 0) is 34.5 Å². The molecule has 0 aliphatic heterocycles. The van der Waals surface area contributed by atoms with Crippen molar-refractivity contribution in [2.45, 2.75) is 13.3 Å². The van der Waals surface area contributed by atoms with Crippen LogP contribution in [0.5, 0.6) is 0 Å². The molecule has 1 aromatic rings. The van der Waals surface area contributed by atoms with E-state index in [4.69, 9.17) is 0 Å². The zero-order valence-electron chi connectivity index (χ0n) is 8.33. The number of urea groups is 1. The monoisotopic (exact) mass is 269 g/mol. The molecule has 0 atom stereocenters. The molecule has 1 aromatic heterocycles. The van der Waals surface area contributed by atoms with E-state index in [0.717, 1.165) is 10.9 Å². The highest BCUT2D eigenvalue weighted by Gasteiger charge is 1.99. The summed E-state index contributed by atoms with van der Waals surface area (Å²) in [5, 5.41) is 5.16. The Kier molecular flexibility index (Phi) is 4.83. The van der Waals surface area contributed by atoms with Crippen molar-refractivity contribution in [1.82, 2.24) is 10.3 Å². The number of carbonyl (C=O) groups is 1. The first-order valence-electron chi connectivity index (χ1n) is 4.56. The molecule has 1 heterocycles. The van der Waals surface area contributed by atoms with Crippen LogP contribution in [0.2, 0.25) is 0 Å². The maximum Gasteiger partial charge on any atom is 0.324 e. The van der Waals surface area contributed by atoms with E-state index in [2.05, 4.69) is 31.5 Å². The Bertz CT molecular complexity index is 348. The second-order valence-corrected chi connectivity index (χ2v) is 3.69. The summed E-state index contributed by atoms with van der Waals surface area (Å²) < 4.78 is 0.874. The quantitative estimate of drug-likeness (QED) is 0.887. The van der Waals surface area contributed by atoms with Crippen LogP contribution in [0.4, 0.5) is 10.6 Å². The van der Waals surface area contributed by atoms with Crippen LogP contribution >= 0.6 is 15.9 Å². The third-order valence-electron chi connectivity index (χ3n) is 1.54. The van der Waals surface area contributed by atoms with E-state index >= 15 is 0 Å². The molecule has 2 amide bonds. The number of halogens is 1. The van der Waals surface area contributed by atoms with Crippen LogP contribution in [0.25, 0.3) is 0 Å². The number of nitrogens with one attached hydrogen (secondary N) is 2. The topological polar surface area (TPSA) is 54.0 Å². The molecular weight excluding hydrogens is 258 g/mol. The van der Waals surface area contributed by atoms with Crippen molar-refractivity contribution >= 4 is 27.8 Å². The molecule has 0 unspecified atom stereocenters. The van der Waals surface area contributed by atoms with Crippen molar-refractivity contribution in [2.75, 3.05) is 5.32 Å². The average molecular weight is 270 g/mol. The summed E-state index contributed by atoms with van der Waals surface area (Å²) in [6.07, 6.45) is 5.97. The third kappa shape index (κ3) is 4.60. The normalized spacial score (nSPS) is 10.3. The number of pyridine rings is 1. The Hall–Kier alpha value is -1.36. The van der Waals surface area contributed by atoms with Crippen molar-refractivity contribution in [2.24, 2.45) is 0 Å². The minimum absolute atomic E-state index is 0.297. The van der Waals surface area contributed by atoms with E-state index in [1.165, 1.54) is 0 Å². The number of anilines is 1. The number of allylic oxidation sites excluding steroid dienone is 1. The fraction of sp³-hybridized carbons (Fsp3) is 0.200. The molecule has 0 bridgehead atoms. The van der Waals surface area contributed by atoms with E-state index in [-0.39, 0.29) is 6.03 Å². The predicted molar refractivity (Wildman–Crippen MR) is 63.5 cm³/mol. The van der Waals surface area contributed by atoms with Gasteiger partial charge in [-0.15, -0.1) is 0 Å². The lowest BCUT2D eigenvalue weighted by atomic mass is 10.4. The molecule has 0 radical (unpaired) electrons. The number of nitrogens with zero attached hydrogens (tertiary/aromatic N) is 1. The molecule has 0 fully saturated rings. The Morgan fingerprint density at radius 2 is 2.40 bits per heavy atom. The fourth-order valence-corrected chi connectivity index (χ4v) is 1.09. The first-order valence-corrected chi connectivity index (χ1v) is 5.35. The molecule has 0 aliphatic rings. The molecule has 0 aliphatic carbocycles. The van der Waals surface area contributed by atoms with E-state index < -0.39 is 0 Å². The van der Waals surface area contributed by atoms with E-state index in [1.807, 2.05) is 19.1 Å². The number of amides is 2. The molecule has 0 saturated carbocycles. The zero-order chi connectivity index (χ0) is 11.1. The first-order chi connectivity index (χ1) is 7.22. The minimum atomic E-state index is -0.297. The molecular formula is C10H12BrN3O. The Morgan fingerprint density at radius 3 is 3.00 bits per heavy atom. The third-order valence-corrected chi connectivity index (χ3v) is 2.01. The SMILES string of the molecule is CC/C=C/NC(=O)Nc1ccc(Br)cn1. The van der Waals surface area contributed by atoms with Gasteiger partial charge in [0.25, 0.3) is 0 Å². The molecule has 5 heteroatoms. The van der Waals surface area contributed by atoms with Gasteiger partial charge in [-0.1, -0.05) is 13.0 Å². The van der Waals surface area contributed by atoms with Gasteiger partial charge >= 0.3 is 6.03 Å². The standard InChI is InChI=1S/C10H12BrN3O/c1-2-3-6-12-10(15)14-9-5-4-8(11)7-13-9/h3-7H,2H2,1H3,(H2,12,13,14,15)/b6-3+. The molecule has 0 spiro atoms. The number of hydrogen-bond donors (Lipinski definition) is 2. The highest BCUT2D eigenvalue weighted by Crippen LogP contribution is 2.09. The lowest BCUT2D eigenvalue weighted by molar-refractivity contribution is 0.255. The van der Waals surface area contributed by atoms with Crippen molar-refractivity contribution in [3.05, 3.63) is 35.1 Å². The van der Waals surface area contributed by atoms with E-state index in [1.54, 1.807) is 18.5 Å². The van der Waals surface area contributed by atoms with E-state index in [0.29, 0.717) is 5.82 Å². The smallest absolute Gasteiger partial charge is 0.315 e. The molecule has 4 nitrogen and oxygen atoms in total. The zero-order valence-corrected chi connectivity index (χ0v) is 9.91. The highest BCUT2D eigenvalue weighted by molar-refractivity contribution is 9.10. The molecule has 1 rings (SSSR count). The van der Waals surface area contributed by atoms with Gasteiger partial charge in [0, 0.05) is 16.9 Å². The summed E-state index contributed by atoms with van der Waals surface area (Å²) in [4.78, 5) is 15.3. The first kappa shape index (κ1) is 11.7. The summed E-state index contributed by atoms with van der Waals surface area (Å²) >= 11 is 3.26. The fourth-order valence-electron chi connectivity index (χ4n) is 0.855. The number of hydrogen-bond acceptors (Lipinski definition) is 2. The van der Waals surface area contributed by atoms with Gasteiger partial charge in [-0.25, -0.2) is 9.78 Å². The molecule has 0 aromatic carbocycles. The van der Waals surface area contributed by atoms with Gasteiger partial charge in [0.05, 0.1) is 0 Å². The number of carbonyl (C=O) groups excluding carboxylic acids is 1. The van der Waals surface area contributed by atoms with Gasteiger partial charge in [-0.2, -0.15) is 0 Å². The molecule has 80 valence electrons. The maximum atomic E-state index is 11.2. The van der Waals surface area contributed by atoms with Crippen LogP contribution in [0.3, 0.4) is 0 Å². The van der Waals surface area contributed by atoms with Crippen LogP contribution in [-0.4, -0.2) is 11.0 Å². The Balaban J connectivity index is 2.44. The number of aromatic nitrogens is 1. The number of rotatable bonds is 3. The second kappa shape index (κ2) is 6.19. The lowest BCUT2D eigenvalue weighted by Gasteiger charge is -2.02. The van der Waals surface area contributed by atoms with Crippen molar-refractivity contribution < 1.29 is 4.79 Å². The summed E-state index contributed by atoms with van der Waals surface area (Å²) in [7, 11) is 0. The second-order valence-electron chi connectivity index (χ2n) is 2.77. The van der Waals surface area contributed by atoms with Crippen molar-refractivity contribution in [1.29, 1.82) is 0 Å². The van der Waals surface area contributed by atoms with Gasteiger partial charge < -0.3 is 5.32 Å². The van der Waals surface area contributed by atoms with Gasteiger partial charge in [0.2, 0.25) is 0 Å². The minimum Gasteiger partial charge on any atom is -0.315 e. The van der Waals surface area contributed by atoms with E-state index in [9.17, 15) is 4.79 Å². The summed E-state index contributed by atoms with van der Waals surface area (Å²) in [5.41, 5.74) is 0. The van der Waals surface area contributed by atoms with Crippen molar-refractivity contribution in [3.8, 4) is 0 Å². The summed E-state index contributed by atoms with van der Waals surface area (Å²) in [6, 6.07) is 3.23. The average Bonchev–Trinajstić information content (AvgIpc) is 2.22. The Morgan fingerprint density at radius 1 is 1.60 bits per heavy atom. The predicted octanol–water partition coefficient (Wildman–Crippen LogP) is 2.89. The van der Waals surface area contributed by atoms with Gasteiger partial charge in [0.15, 0.2) is 0 Å². The lowest BCUT2D eigenvalue weighted by Crippen LogP contribution is -2.24. The summed E-state index contributed by atoms with van der Waals surface area (Å²) in [6.45, 7) is 1.99. The van der Waals surface area contributed by atoms with Gasteiger partial charge in [-0.3, -0.25) is 5.32 Å². The largest absolute Gasteiger partial charge is 0.324 e. The molecule has 15 heavy (non-hydrogen) atoms. The van der Waals surface area contributed by atoms with Crippen molar-refractivity contribution in [3.63, 3.8) is 0 Å². The highest BCUT2D eigenvalue weighted by atomic mass is 79.9. The van der Waals surface area contributed by atoms with Crippen LogP contribution < -0.4 is 10.6 Å². The molecule has 0 saturated heterocycles. The maximum absolute atomic E-state index is 11.2. The summed E-state index contributed by atoms with van der Waals surface area (Å²) in [5.74, 6) is 0.514. The van der Waals surface area contributed by atoms with Gasteiger partial charge in [0.1, 0.15) is 5.82 Å². The van der Waals surface area contributed by atoms with Crippen LogP contribution in [-0.2, 0) is 0 Å².